The Hall–Kier alpha value is -7.50. The smallest absolute Gasteiger partial charge is 0.157 e. The SMILES string of the molecule is NC(=NC(=NCc1cccc2c1-c1ccccc1C2(c1ccccc1)c1ccccc1)c1ccc2c(c1)oc1ccccc12)c1ccc2c(c1)oc1ccccc12. The lowest BCUT2D eigenvalue weighted by molar-refractivity contribution is 0.668. The highest BCUT2D eigenvalue weighted by molar-refractivity contribution is 6.15. The van der Waals surface area contributed by atoms with Crippen molar-refractivity contribution in [2.75, 3.05) is 0 Å². The predicted molar refractivity (Wildman–Crippen MR) is 232 cm³/mol. The van der Waals surface area contributed by atoms with Crippen LogP contribution >= 0.6 is 0 Å². The Morgan fingerprint density at radius 3 is 1.67 bits per heavy atom. The minimum atomic E-state index is -0.499. The molecule has 11 rings (SSSR count). The standard InChI is InChI=1S/C52H35N3O2/c53-50(33-26-28-40-38-19-8-11-24-45(38)56-47(40)30-33)55-51(34-27-29-41-39-20-9-12-25-46(39)57-48(41)31-34)54-32-35-14-13-23-44-49(35)42-21-7-10-22-43(42)52(44,36-15-3-1-4-16-36)37-17-5-2-6-18-37/h1-31H,32H2,(H2,53,54,55). The molecule has 0 saturated heterocycles. The molecule has 0 fully saturated rings. The maximum Gasteiger partial charge on any atom is 0.157 e. The van der Waals surface area contributed by atoms with Crippen molar-refractivity contribution in [2.45, 2.75) is 12.0 Å². The molecular weight excluding hydrogens is 699 g/mol. The van der Waals surface area contributed by atoms with Crippen molar-refractivity contribution in [2.24, 2.45) is 15.7 Å². The highest BCUT2D eigenvalue weighted by atomic mass is 16.3. The molecule has 0 amide bonds. The molecule has 5 nitrogen and oxygen atoms in total. The van der Waals surface area contributed by atoms with E-state index in [-0.39, 0.29) is 0 Å². The van der Waals surface area contributed by atoms with E-state index in [2.05, 4.69) is 127 Å². The van der Waals surface area contributed by atoms with Gasteiger partial charge in [0.1, 0.15) is 28.2 Å². The summed E-state index contributed by atoms with van der Waals surface area (Å²) in [6, 6.07) is 65.4. The van der Waals surface area contributed by atoms with Crippen molar-refractivity contribution >= 4 is 55.5 Å². The van der Waals surface area contributed by atoms with Gasteiger partial charge in [0.05, 0.1) is 12.0 Å². The number of furan rings is 2. The van der Waals surface area contributed by atoms with Crippen LogP contribution in [0, 0.1) is 0 Å². The fourth-order valence-electron chi connectivity index (χ4n) is 8.98. The van der Waals surface area contributed by atoms with Crippen LogP contribution in [0.5, 0.6) is 0 Å². The van der Waals surface area contributed by atoms with Gasteiger partial charge >= 0.3 is 0 Å². The van der Waals surface area contributed by atoms with Crippen molar-refractivity contribution in [3.63, 3.8) is 0 Å². The van der Waals surface area contributed by atoms with Crippen LogP contribution in [-0.4, -0.2) is 11.7 Å². The van der Waals surface area contributed by atoms with Gasteiger partial charge in [-0.2, -0.15) is 0 Å². The lowest BCUT2D eigenvalue weighted by atomic mass is 9.67. The summed E-state index contributed by atoms with van der Waals surface area (Å²) in [4.78, 5) is 10.4. The summed E-state index contributed by atoms with van der Waals surface area (Å²) >= 11 is 0. The first-order chi connectivity index (χ1) is 28.2. The Morgan fingerprint density at radius 2 is 1.00 bits per heavy atom. The van der Waals surface area contributed by atoms with Gasteiger partial charge in [0.15, 0.2) is 5.84 Å². The molecule has 0 unspecified atom stereocenters. The molecule has 1 aliphatic rings. The first-order valence-corrected chi connectivity index (χ1v) is 19.2. The Labute approximate surface area is 329 Å². The second kappa shape index (κ2) is 13.1. The monoisotopic (exact) mass is 733 g/mol. The van der Waals surface area contributed by atoms with Gasteiger partial charge in [-0.3, -0.25) is 4.99 Å². The second-order valence-electron chi connectivity index (χ2n) is 14.6. The van der Waals surface area contributed by atoms with Crippen LogP contribution in [0.2, 0.25) is 0 Å². The number of rotatable bonds is 6. The van der Waals surface area contributed by atoms with Gasteiger partial charge in [-0.1, -0.05) is 152 Å². The van der Waals surface area contributed by atoms with Gasteiger partial charge in [-0.05, 0) is 75.3 Å². The number of aliphatic imine (C=N–C) groups is 2. The minimum Gasteiger partial charge on any atom is -0.456 e. The van der Waals surface area contributed by atoms with E-state index in [1.165, 1.54) is 33.4 Å². The summed E-state index contributed by atoms with van der Waals surface area (Å²) < 4.78 is 12.5. The van der Waals surface area contributed by atoms with Crippen LogP contribution in [0.3, 0.4) is 0 Å². The average Bonchev–Trinajstić information content (AvgIpc) is 3.93. The Morgan fingerprint density at radius 1 is 0.474 bits per heavy atom. The zero-order valence-corrected chi connectivity index (χ0v) is 30.9. The number of hydrogen-bond acceptors (Lipinski definition) is 3. The molecule has 10 aromatic rings. The Balaban J connectivity index is 1.08. The summed E-state index contributed by atoms with van der Waals surface area (Å²) in [6.07, 6.45) is 0. The fraction of sp³-hybridized carbons (Fsp3) is 0.0385. The van der Waals surface area contributed by atoms with Crippen molar-refractivity contribution in [1.29, 1.82) is 0 Å². The van der Waals surface area contributed by atoms with Gasteiger partial charge < -0.3 is 14.6 Å². The molecule has 270 valence electrons. The van der Waals surface area contributed by atoms with Crippen molar-refractivity contribution in [3.8, 4) is 11.1 Å². The Kier molecular flexibility index (Phi) is 7.54. The van der Waals surface area contributed by atoms with E-state index in [9.17, 15) is 0 Å². The number of nitrogens with two attached hydrogens (primary N) is 1. The van der Waals surface area contributed by atoms with Gasteiger partial charge in [-0.15, -0.1) is 0 Å². The maximum absolute atomic E-state index is 6.88. The van der Waals surface area contributed by atoms with Crippen LogP contribution in [0.1, 0.15) is 38.9 Å². The summed E-state index contributed by atoms with van der Waals surface area (Å²) in [5, 5.41) is 4.21. The number of benzene rings is 8. The summed E-state index contributed by atoms with van der Waals surface area (Å²) in [7, 11) is 0. The third-order valence-corrected chi connectivity index (χ3v) is 11.5. The highest BCUT2D eigenvalue weighted by Crippen LogP contribution is 2.57. The molecule has 57 heavy (non-hydrogen) atoms. The first kappa shape index (κ1) is 32.9. The summed E-state index contributed by atoms with van der Waals surface area (Å²) in [5.74, 6) is 0.859. The van der Waals surface area contributed by atoms with Gasteiger partial charge in [0.25, 0.3) is 0 Å². The molecule has 5 heteroatoms. The number of hydrogen-bond donors (Lipinski definition) is 1. The maximum atomic E-state index is 6.88. The number of para-hydroxylation sites is 2. The van der Waals surface area contributed by atoms with Crippen LogP contribution in [0.15, 0.2) is 207 Å². The Bertz CT molecular complexity index is 3190. The van der Waals surface area contributed by atoms with Crippen LogP contribution in [-0.2, 0) is 12.0 Å². The van der Waals surface area contributed by atoms with Crippen molar-refractivity contribution < 1.29 is 8.83 Å². The van der Waals surface area contributed by atoms with E-state index in [0.717, 1.165) is 60.6 Å². The lowest BCUT2D eigenvalue weighted by Gasteiger charge is -2.33. The van der Waals surface area contributed by atoms with E-state index in [4.69, 9.17) is 24.6 Å². The summed E-state index contributed by atoms with van der Waals surface area (Å²) in [6.45, 7) is 0.379. The third kappa shape index (κ3) is 5.16. The minimum absolute atomic E-state index is 0.344. The lowest BCUT2D eigenvalue weighted by Crippen LogP contribution is -2.28. The number of amidine groups is 2. The topological polar surface area (TPSA) is 77.0 Å². The van der Waals surface area contributed by atoms with E-state index < -0.39 is 5.41 Å². The third-order valence-electron chi connectivity index (χ3n) is 11.5. The molecule has 2 heterocycles. The van der Waals surface area contributed by atoms with E-state index in [1.807, 2.05) is 60.7 Å². The largest absolute Gasteiger partial charge is 0.456 e. The second-order valence-corrected chi connectivity index (χ2v) is 14.6. The predicted octanol–water partition coefficient (Wildman–Crippen LogP) is 12.2. The molecule has 0 aliphatic heterocycles. The number of nitrogens with zero attached hydrogens (tertiary/aromatic N) is 2. The fourth-order valence-corrected chi connectivity index (χ4v) is 8.98. The van der Waals surface area contributed by atoms with Crippen LogP contribution in [0.25, 0.3) is 55.0 Å². The van der Waals surface area contributed by atoms with Crippen molar-refractivity contribution in [3.05, 3.63) is 227 Å². The average molecular weight is 734 g/mol. The van der Waals surface area contributed by atoms with Gasteiger partial charge in [0, 0.05) is 32.7 Å². The quantitative estimate of drug-likeness (QED) is 0.137. The van der Waals surface area contributed by atoms with Crippen molar-refractivity contribution in [1.82, 2.24) is 0 Å². The molecule has 0 atom stereocenters. The molecule has 1 aliphatic carbocycles. The molecule has 0 spiro atoms. The van der Waals surface area contributed by atoms with E-state index in [1.54, 1.807) is 0 Å². The summed E-state index contributed by atoms with van der Waals surface area (Å²) in [5.41, 5.74) is 19.6. The molecular formula is C52H35N3O2. The molecule has 0 radical (unpaired) electrons. The van der Waals surface area contributed by atoms with E-state index in [0.29, 0.717) is 18.2 Å². The number of fused-ring (bicyclic) bond motifs is 9. The first-order valence-electron chi connectivity index (χ1n) is 19.2. The normalized spacial score (nSPS) is 13.8. The molecule has 2 aromatic heterocycles. The van der Waals surface area contributed by atoms with Gasteiger partial charge in [0.2, 0.25) is 0 Å². The molecule has 0 saturated carbocycles. The zero-order valence-electron chi connectivity index (χ0n) is 30.9. The van der Waals surface area contributed by atoms with Crippen LogP contribution in [0.4, 0.5) is 0 Å². The van der Waals surface area contributed by atoms with Gasteiger partial charge in [-0.25, -0.2) is 4.99 Å². The zero-order chi connectivity index (χ0) is 37.9. The van der Waals surface area contributed by atoms with E-state index >= 15 is 0 Å². The highest BCUT2D eigenvalue weighted by Gasteiger charge is 2.46. The van der Waals surface area contributed by atoms with Crippen LogP contribution < -0.4 is 5.73 Å². The molecule has 0 bridgehead atoms. The molecule has 8 aromatic carbocycles. The molecule has 2 N–H and O–H groups in total.